The summed E-state index contributed by atoms with van der Waals surface area (Å²) in [5.41, 5.74) is 3.65. The third kappa shape index (κ3) is 3.40. The van der Waals surface area contributed by atoms with Gasteiger partial charge in [0.05, 0.1) is 0 Å². The van der Waals surface area contributed by atoms with Gasteiger partial charge >= 0.3 is 0 Å². The summed E-state index contributed by atoms with van der Waals surface area (Å²) in [6.45, 7) is 3.52. The van der Waals surface area contributed by atoms with E-state index in [1.165, 1.54) is 5.56 Å². The molecule has 3 aromatic rings. The first kappa shape index (κ1) is 15.8. The van der Waals surface area contributed by atoms with Gasteiger partial charge in [-0.3, -0.25) is 4.79 Å². The minimum absolute atomic E-state index is 0.0533. The highest BCUT2D eigenvalue weighted by Crippen LogP contribution is 2.23. The summed E-state index contributed by atoms with van der Waals surface area (Å²) in [6, 6.07) is 9.89. The third-order valence-corrected chi connectivity index (χ3v) is 4.99. The number of aromatic amines is 1. The molecule has 1 N–H and O–H groups in total. The van der Waals surface area contributed by atoms with Crippen LogP contribution in [0.2, 0.25) is 0 Å². The average Bonchev–Trinajstić information content (AvgIpc) is 3.09. The topological polar surface area (TPSA) is 61.9 Å². The summed E-state index contributed by atoms with van der Waals surface area (Å²) in [5.74, 6) is 0.658. The van der Waals surface area contributed by atoms with E-state index in [4.69, 9.17) is 0 Å². The van der Waals surface area contributed by atoms with Crippen molar-refractivity contribution in [1.29, 1.82) is 0 Å². The average molecular weight is 334 g/mol. The van der Waals surface area contributed by atoms with Crippen LogP contribution in [0.15, 0.2) is 42.7 Å². The number of nitrogens with zero attached hydrogens (tertiary/aromatic N) is 3. The summed E-state index contributed by atoms with van der Waals surface area (Å²) in [5, 5.41) is 1.16. The summed E-state index contributed by atoms with van der Waals surface area (Å²) >= 11 is 0. The van der Waals surface area contributed by atoms with Crippen molar-refractivity contribution in [3.05, 3.63) is 59.7 Å². The fraction of sp³-hybridized carbons (Fsp3) is 0.350. The number of hydrogen-bond donors (Lipinski definition) is 1. The second kappa shape index (κ2) is 6.67. The molecule has 1 fully saturated rings. The van der Waals surface area contributed by atoms with Crippen LogP contribution in [-0.2, 0) is 6.42 Å². The lowest BCUT2D eigenvalue weighted by molar-refractivity contribution is 0.0684. The predicted octanol–water partition coefficient (Wildman–Crippen LogP) is 3.36. The molecule has 0 aliphatic carbocycles. The zero-order valence-electron chi connectivity index (χ0n) is 14.4. The molecule has 0 bridgehead atoms. The van der Waals surface area contributed by atoms with Crippen molar-refractivity contribution in [2.24, 2.45) is 5.92 Å². The largest absolute Gasteiger partial charge is 0.346 e. The third-order valence-electron chi connectivity index (χ3n) is 4.99. The number of aromatic nitrogens is 3. The monoisotopic (exact) mass is 334 g/mol. The minimum atomic E-state index is 0.0533. The van der Waals surface area contributed by atoms with Crippen molar-refractivity contribution in [3.63, 3.8) is 0 Å². The molecule has 1 saturated heterocycles. The van der Waals surface area contributed by atoms with Crippen molar-refractivity contribution < 1.29 is 4.79 Å². The van der Waals surface area contributed by atoms with E-state index in [2.05, 4.69) is 27.1 Å². The normalized spacial score (nSPS) is 15.6. The highest BCUT2D eigenvalue weighted by atomic mass is 16.2. The van der Waals surface area contributed by atoms with Gasteiger partial charge in [0, 0.05) is 36.6 Å². The predicted molar refractivity (Wildman–Crippen MR) is 97.4 cm³/mol. The number of pyridine rings is 2. The molecule has 1 aliphatic heterocycles. The maximum atomic E-state index is 12.6. The quantitative estimate of drug-likeness (QED) is 0.799. The second-order valence-corrected chi connectivity index (χ2v) is 6.86. The number of carbonyl (C=O) groups is 1. The highest BCUT2D eigenvalue weighted by Gasteiger charge is 2.24. The molecule has 128 valence electrons. The highest BCUT2D eigenvalue weighted by molar-refractivity contribution is 5.92. The van der Waals surface area contributed by atoms with Gasteiger partial charge < -0.3 is 9.88 Å². The van der Waals surface area contributed by atoms with E-state index in [9.17, 15) is 4.79 Å². The van der Waals surface area contributed by atoms with E-state index >= 15 is 0 Å². The minimum Gasteiger partial charge on any atom is -0.346 e. The molecule has 5 nitrogen and oxygen atoms in total. The Labute approximate surface area is 147 Å². The molecule has 0 spiro atoms. The van der Waals surface area contributed by atoms with E-state index in [1.54, 1.807) is 6.07 Å². The molecule has 0 radical (unpaired) electrons. The molecule has 3 aromatic heterocycles. The number of amides is 1. The lowest BCUT2D eigenvalue weighted by Gasteiger charge is -2.32. The van der Waals surface area contributed by atoms with Crippen LogP contribution < -0.4 is 0 Å². The standard InChI is InChI=1S/C20H22N4O/c1-14-3-2-4-18(23-14)20(25)24-9-6-15(7-10-24)11-16-12-17-5-8-21-19(17)22-13-16/h2-5,8,12-13,15H,6-7,9-11H2,1H3,(H,21,22). The van der Waals surface area contributed by atoms with E-state index in [0.29, 0.717) is 11.6 Å². The van der Waals surface area contributed by atoms with Crippen LogP contribution in [0.5, 0.6) is 0 Å². The number of H-pyrrole nitrogens is 1. The van der Waals surface area contributed by atoms with Crippen LogP contribution in [0, 0.1) is 12.8 Å². The van der Waals surface area contributed by atoms with Crippen molar-refractivity contribution in [1.82, 2.24) is 19.9 Å². The zero-order valence-corrected chi connectivity index (χ0v) is 14.4. The van der Waals surface area contributed by atoms with Crippen molar-refractivity contribution >= 4 is 16.9 Å². The van der Waals surface area contributed by atoms with Gasteiger partial charge in [-0.05, 0) is 61.9 Å². The number of nitrogens with one attached hydrogen (secondary N) is 1. The molecule has 1 aliphatic rings. The summed E-state index contributed by atoms with van der Waals surface area (Å²) in [6.07, 6.45) is 6.97. The van der Waals surface area contributed by atoms with Gasteiger partial charge in [-0.2, -0.15) is 0 Å². The molecule has 25 heavy (non-hydrogen) atoms. The van der Waals surface area contributed by atoms with Crippen LogP contribution in [0.3, 0.4) is 0 Å². The molecule has 0 unspecified atom stereocenters. The van der Waals surface area contributed by atoms with Crippen LogP contribution in [0.25, 0.3) is 11.0 Å². The Balaban J connectivity index is 1.37. The SMILES string of the molecule is Cc1cccc(C(=O)N2CCC(Cc3cnc4[nH]ccc4c3)CC2)n1. The number of aryl methyl sites for hydroxylation is 1. The van der Waals surface area contributed by atoms with Crippen molar-refractivity contribution in [2.75, 3.05) is 13.1 Å². The molecule has 1 amide bonds. The number of likely N-dealkylation sites (tertiary alicyclic amines) is 1. The van der Waals surface area contributed by atoms with Gasteiger partial charge in [0.15, 0.2) is 0 Å². The van der Waals surface area contributed by atoms with E-state index < -0.39 is 0 Å². The van der Waals surface area contributed by atoms with Gasteiger partial charge in [-0.1, -0.05) is 6.07 Å². The zero-order chi connectivity index (χ0) is 17.2. The lowest BCUT2D eigenvalue weighted by atomic mass is 9.90. The molecule has 4 heterocycles. The summed E-state index contributed by atoms with van der Waals surface area (Å²) in [7, 11) is 0. The Hall–Kier alpha value is -2.69. The lowest BCUT2D eigenvalue weighted by Crippen LogP contribution is -2.39. The number of hydrogen-bond acceptors (Lipinski definition) is 3. The van der Waals surface area contributed by atoms with Crippen LogP contribution >= 0.6 is 0 Å². The van der Waals surface area contributed by atoms with Crippen LogP contribution in [0.4, 0.5) is 0 Å². The number of piperidine rings is 1. The van der Waals surface area contributed by atoms with Gasteiger partial charge in [0.1, 0.15) is 11.3 Å². The first-order chi connectivity index (χ1) is 12.2. The summed E-state index contributed by atoms with van der Waals surface area (Å²) in [4.78, 5) is 26.5. The Morgan fingerprint density at radius 1 is 1.28 bits per heavy atom. The van der Waals surface area contributed by atoms with Crippen molar-refractivity contribution in [3.8, 4) is 0 Å². The van der Waals surface area contributed by atoms with Crippen LogP contribution in [0.1, 0.15) is 34.6 Å². The molecule has 4 rings (SSSR count). The number of fused-ring (bicyclic) bond motifs is 1. The molecule has 0 aromatic carbocycles. The first-order valence-electron chi connectivity index (χ1n) is 8.84. The maximum absolute atomic E-state index is 12.6. The van der Waals surface area contributed by atoms with Gasteiger partial charge in [-0.15, -0.1) is 0 Å². The maximum Gasteiger partial charge on any atom is 0.272 e. The first-order valence-corrected chi connectivity index (χ1v) is 8.84. The smallest absolute Gasteiger partial charge is 0.272 e. The number of rotatable bonds is 3. The van der Waals surface area contributed by atoms with Crippen molar-refractivity contribution in [2.45, 2.75) is 26.2 Å². The van der Waals surface area contributed by atoms with Crippen LogP contribution in [-0.4, -0.2) is 38.8 Å². The fourth-order valence-corrected chi connectivity index (χ4v) is 3.59. The van der Waals surface area contributed by atoms with Gasteiger partial charge in [-0.25, -0.2) is 9.97 Å². The Kier molecular flexibility index (Phi) is 4.22. The second-order valence-electron chi connectivity index (χ2n) is 6.86. The molecule has 0 atom stereocenters. The van der Waals surface area contributed by atoms with E-state index in [1.807, 2.05) is 36.4 Å². The Morgan fingerprint density at radius 2 is 2.12 bits per heavy atom. The fourth-order valence-electron chi connectivity index (χ4n) is 3.59. The molecule has 5 heteroatoms. The van der Waals surface area contributed by atoms with E-state index in [-0.39, 0.29) is 5.91 Å². The molecule has 0 saturated carbocycles. The molecular formula is C20H22N4O. The van der Waals surface area contributed by atoms with E-state index in [0.717, 1.165) is 49.1 Å². The Morgan fingerprint density at radius 3 is 2.92 bits per heavy atom. The number of carbonyl (C=O) groups excluding carboxylic acids is 1. The molecular weight excluding hydrogens is 312 g/mol. The van der Waals surface area contributed by atoms with Gasteiger partial charge in [0.2, 0.25) is 0 Å². The summed E-state index contributed by atoms with van der Waals surface area (Å²) < 4.78 is 0. The Bertz CT molecular complexity index is 893. The van der Waals surface area contributed by atoms with Gasteiger partial charge in [0.25, 0.3) is 5.91 Å².